The second kappa shape index (κ2) is 6.95. The van der Waals surface area contributed by atoms with E-state index in [1.165, 1.54) is 0 Å². The molecule has 0 fully saturated rings. The Morgan fingerprint density at radius 2 is 1.93 bits per heavy atom. The lowest BCUT2D eigenvalue weighted by Gasteiger charge is -2.24. The maximum absolute atomic E-state index is 12.7. The van der Waals surface area contributed by atoms with Gasteiger partial charge in [-0.3, -0.25) is 9.59 Å². The van der Waals surface area contributed by atoms with Crippen LogP contribution in [0.4, 0.5) is 11.5 Å². The molecule has 0 unspecified atom stereocenters. The van der Waals surface area contributed by atoms with Crippen LogP contribution in [0.1, 0.15) is 12.5 Å². The standard InChI is InChI=1S/C20H18N4O3/c1-27-15-9-7-13(8-10-15)16-12-21-24-17(11-18(25)23-19(16)24)20(26)22-14-5-3-2-4-6-14/h2-10,12,17H,11H2,1H3,(H,22,26)(H,23,25)/t17-/m1/s1. The number of amides is 2. The number of anilines is 2. The second-order valence-corrected chi connectivity index (χ2v) is 6.20. The molecule has 0 aliphatic carbocycles. The van der Waals surface area contributed by atoms with Crippen molar-refractivity contribution in [3.8, 4) is 16.9 Å². The molecule has 0 saturated carbocycles. The van der Waals surface area contributed by atoms with Gasteiger partial charge < -0.3 is 15.4 Å². The van der Waals surface area contributed by atoms with E-state index >= 15 is 0 Å². The first-order valence-corrected chi connectivity index (χ1v) is 8.53. The molecule has 7 nitrogen and oxygen atoms in total. The Balaban J connectivity index is 1.65. The number of benzene rings is 2. The number of nitrogens with zero attached hydrogens (tertiary/aromatic N) is 2. The molecule has 0 bridgehead atoms. The zero-order valence-corrected chi connectivity index (χ0v) is 14.7. The molecule has 1 aromatic heterocycles. The average Bonchev–Trinajstić information content (AvgIpc) is 3.11. The summed E-state index contributed by atoms with van der Waals surface area (Å²) in [6, 6.07) is 15.9. The van der Waals surface area contributed by atoms with E-state index in [4.69, 9.17) is 4.74 Å². The number of hydrogen-bond acceptors (Lipinski definition) is 4. The van der Waals surface area contributed by atoms with E-state index in [9.17, 15) is 9.59 Å². The third-order valence-corrected chi connectivity index (χ3v) is 4.47. The number of aromatic nitrogens is 2. The van der Waals surface area contributed by atoms with Crippen molar-refractivity contribution in [3.63, 3.8) is 0 Å². The first kappa shape index (κ1) is 16.8. The zero-order chi connectivity index (χ0) is 18.8. The maximum atomic E-state index is 12.7. The molecular formula is C20H18N4O3. The molecule has 2 amide bonds. The van der Waals surface area contributed by atoms with Crippen molar-refractivity contribution in [1.29, 1.82) is 0 Å². The molecule has 2 heterocycles. The highest BCUT2D eigenvalue weighted by molar-refractivity contribution is 6.03. The number of rotatable bonds is 4. The highest BCUT2D eigenvalue weighted by Gasteiger charge is 2.33. The van der Waals surface area contributed by atoms with E-state index in [1.54, 1.807) is 30.1 Å². The van der Waals surface area contributed by atoms with Crippen molar-refractivity contribution in [2.45, 2.75) is 12.5 Å². The summed E-state index contributed by atoms with van der Waals surface area (Å²) in [4.78, 5) is 25.0. The Hall–Kier alpha value is -3.61. The molecule has 0 spiro atoms. The lowest BCUT2D eigenvalue weighted by Crippen LogP contribution is -2.35. The van der Waals surface area contributed by atoms with Crippen LogP contribution in [-0.2, 0) is 9.59 Å². The minimum absolute atomic E-state index is 0.0371. The summed E-state index contributed by atoms with van der Waals surface area (Å²) in [5.74, 6) is 0.765. The molecular weight excluding hydrogens is 344 g/mol. The molecule has 27 heavy (non-hydrogen) atoms. The van der Waals surface area contributed by atoms with Crippen molar-refractivity contribution in [1.82, 2.24) is 9.78 Å². The van der Waals surface area contributed by atoms with Gasteiger partial charge in [-0.25, -0.2) is 4.68 Å². The third kappa shape index (κ3) is 3.27. The van der Waals surface area contributed by atoms with Crippen LogP contribution in [-0.4, -0.2) is 28.7 Å². The minimum Gasteiger partial charge on any atom is -0.497 e. The van der Waals surface area contributed by atoms with Crippen LogP contribution in [0, 0.1) is 0 Å². The molecule has 7 heteroatoms. The Morgan fingerprint density at radius 3 is 2.63 bits per heavy atom. The first-order chi connectivity index (χ1) is 13.2. The van der Waals surface area contributed by atoms with Crippen molar-refractivity contribution in [2.75, 3.05) is 17.7 Å². The highest BCUT2D eigenvalue weighted by atomic mass is 16.5. The number of methoxy groups -OCH3 is 1. The molecule has 3 aromatic rings. The SMILES string of the molecule is COc1ccc(-c2cnn3c2NC(=O)C[C@@H]3C(=O)Nc2ccccc2)cc1. The molecule has 2 N–H and O–H groups in total. The van der Waals surface area contributed by atoms with E-state index < -0.39 is 6.04 Å². The lowest BCUT2D eigenvalue weighted by atomic mass is 10.1. The van der Waals surface area contributed by atoms with E-state index in [1.807, 2.05) is 42.5 Å². The Labute approximate surface area is 156 Å². The molecule has 4 rings (SSSR count). The predicted molar refractivity (Wildman–Crippen MR) is 102 cm³/mol. The van der Waals surface area contributed by atoms with Crippen LogP contribution in [0.2, 0.25) is 0 Å². The summed E-state index contributed by atoms with van der Waals surface area (Å²) in [6.45, 7) is 0. The van der Waals surface area contributed by atoms with Gasteiger partial charge in [0.15, 0.2) is 0 Å². The molecule has 0 radical (unpaired) electrons. The third-order valence-electron chi connectivity index (χ3n) is 4.47. The largest absolute Gasteiger partial charge is 0.497 e. The van der Waals surface area contributed by atoms with Crippen LogP contribution >= 0.6 is 0 Å². The van der Waals surface area contributed by atoms with Crippen molar-refractivity contribution >= 4 is 23.3 Å². The number of carbonyl (C=O) groups is 2. The van der Waals surface area contributed by atoms with Gasteiger partial charge in [-0.05, 0) is 29.8 Å². The van der Waals surface area contributed by atoms with Crippen molar-refractivity contribution in [2.24, 2.45) is 0 Å². The fourth-order valence-corrected chi connectivity index (χ4v) is 3.10. The van der Waals surface area contributed by atoms with Crippen LogP contribution in [0.5, 0.6) is 5.75 Å². The van der Waals surface area contributed by atoms with Gasteiger partial charge in [0, 0.05) is 11.3 Å². The number of nitrogens with one attached hydrogen (secondary N) is 2. The second-order valence-electron chi connectivity index (χ2n) is 6.20. The zero-order valence-electron chi connectivity index (χ0n) is 14.7. The summed E-state index contributed by atoms with van der Waals surface area (Å²) < 4.78 is 6.75. The fourth-order valence-electron chi connectivity index (χ4n) is 3.10. The maximum Gasteiger partial charge on any atom is 0.249 e. The minimum atomic E-state index is -0.707. The van der Waals surface area contributed by atoms with Crippen LogP contribution < -0.4 is 15.4 Å². The van der Waals surface area contributed by atoms with E-state index in [-0.39, 0.29) is 18.2 Å². The molecule has 136 valence electrons. The Bertz CT molecular complexity index is 980. The number of carbonyl (C=O) groups excluding carboxylic acids is 2. The number of fused-ring (bicyclic) bond motifs is 1. The lowest BCUT2D eigenvalue weighted by molar-refractivity contribution is -0.125. The normalized spacial score (nSPS) is 15.6. The van der Waals surface area contributed by atoms with Gasteiger partial charge in [0.2, 0.25) is 11.8 Å². The number of ether oxygens (including phenoxy) is 1. The molecule has 1 aliphatic rings. The number of para-hydroxylation sites is 1. The smallest absolute Gasteiger partial charge is 0.249 e. The summed E-state index contributed by atoms with van der Waals surface area (Å²) in [5, 5.41) is 10.0. The van der Waals surface area contributed by atoms with Gasteiger partial charge in [-0.2, -0.15) is 5.10 Å². The monoisotopic (exact) mass is 362 g/mol. The van der Waals surface area contributed by atoms with Crippen LogP contribution in [0.25, 0.3) is 11.1 Å². The van der Waals surface area contributed by atoms with Crippen LogP contribution in [0.3, 0.4) is 0 Å². The molecule has 1 aliphatic heterocycles. The van der Waals surface area contributed by atoms with E-state index in [0.717, 1.165) is 16.9 Å². The predicted octanol–water partition coefficient (Wildman–Crippen LogP) is 3.08. The summed E-state index contributed by atoms with van der Waals surface area (Å²) >= 11 is 0. The van der Waals surface area contributed by atoms with Gasteiger partial charge in [0.1, 0.15) is 17.6 Å². The van der Waals surface area contributed by atoms with Gasteiger partial charge in [-0.15, -0.1) is 0 Å². The van der Waals surface area contributed by atoms with Crippen molar-refractivity contribution < 1.29 is 14.3 Å². The van der Waals surface area contributed by atoms with E-state index in [2.05, 4.69) is 15.7 Å². The quantitative estimate of drug-likeness (QED) is 0.747. The van der Waals surface area contributed by atoms with Gasteiger partial charge >= 0.3 is 0 Å². The van der Waals surface area contributed by atoms with Crippen molar-refractivity contribution in [3.05, 3.63) is 60.8 Å². The van der Waals surface area contributed by atoms with Gasteiger partial charge in [0.05, 0.1) is 19.7 Å². The summed E-state index contributed by atoms with van der Waals surface area (Å²) in [6.07, 6.45) is 1.70. The first-order valence-electron chi connectivity index (χ1n) is 8.53. The summed E-state index contributed by atoms with van der Waals surface area (Å²) in [5.41, 5.74) is 2.31. The molecule has 2 aromatic carbocycles. The van der Waals surface area contributed by atoms with Gasteiger partial charge in [-0.1, -0.05) is 30.3 Å². The fraction of sp³-hybridized carbons (Fsp3) is 0.150. The topological polar surface area (TPSA) is 85.2 Å². The Morgan fingerprint density at radius 1 is 1.19 bits per heavy atom. The molecule has 1 atom stereocenters. The number of hydrogen-bond donors (Lipinski definition) is 2. The van der Waals surface area contributed by atoms with Crippen LogP contribution in [0.15, 0.2) is 60.8 Å². The molecule has 0 saturated heterocycles. The highest BCUT2D eigenvalue weighted by Crippen LogP contribution is 2.35. The Kier molecular flexibility index (Phi) is 4.33. The van der Waals surface area contributed by atoms with Gasteiger partial charge in [0.25, 0.3) is 0 Å². The summed E-state index contributed by atoms with van der Waals surface area (Å²) in [7, 11) is 1.60. The average molecular weight is 362 g/mol. The van der Waals surface area contributed by atoms with E-state index in [0.29, 0.717) is 11.5 Å².